The molecular formula is C18H11Cl2NO5. The Labute approximate surface area is 157 Å². The lowest BCUT2D eigenvalue weighted by molar-refractivity contribution is -0.149. The number of H-pyrrole nitrogens is 1. The molecule has 132 valence electrons. The molecule has 0 bridgehead atoms. The Morgan fingerprint density at radius 3 is 2.19 bits per heavy atom. The molecule has 26 heavy (non-hydrogen) atoms. The number of rotatable bonds is 5. The van der Waals surface area contributed by atoms with Crippen molar-refractivity contribution in [3.8, 4) is 0 Å². The molecule has 0 atom stereocenters. The third kappa shape index (κ3) is 3.16. The first kappa shape index (κ1) is 18.0. The molecule has 2 aromatic carbocycles. The summed E-state index contributed by atoms with van der Waals surface area (Å²) in [5.74, 6) is -5.67. The Balaban J connectivity index is 2.31. The number of fused-ring (bicyclic) bond motifs is 1. The van der Waals surface area contributed by atoms with E-state index in [2.05, 4.69) is 4.98 Å². The van der Waals surface area contributed by atoms with Crippen LogP contribution >= 0.6 is 23.2 Å². The van der Waals surface area contributed by atoms with Crippen LogP contribution in [0.1, 0.15) is 27.5 Å². The van der Waals surface area contributed by atoms with Crippen molar-refractivity contribution in [1.82, 2.24) is 4.98 Å². The second kappa shape index (κ2) is 6.82. The number of hydrogen-bond donors (Lipinski definition) is 3. The summed E-state index contributed by atoms with van der Waals surface area (Å²) in [7, 11) is 0. The summed E-state index contributed by atoms with van der Waals surface area (Å²) in [6.45, 7) is 0. The molecule has 3 aromatic rings. The molecule has 8 heteroatoms. The average Bonchev–Trinajstić information content (AvgIpc) is 2.92. The summed E-state index contributed by atoms with van der Waals surface area (Å²) in [6.07, 6.45) is 0. The van der Waals surface area contributed by atoms with Crippen molar-refractivity contribution in [2.75, 3.05) is 0 Å². The summed E-state index contributed by atoms with van der Waals surface area (Å²) < 4.78 is 0. The van der Waals surface area contributed by atoms with Crippen molar-refractivity contribution >= 4 is 51.8 Å². The maximum atomic E-state index is 12.9. The number of aromatic amines is 1. The van der Waals surface area contributed by atoms with Crippen molar-refractivity contribution in [1.29, 1.82) is 0 Å². The first-order chi connectivity index (χ1) is 12.3. The summed E-state index contributed by atoms with van der Waals surface area (Å²) in [5.41, 5.74) is 0.333. The van der Waals surface area contributed by atoms with E-state index in [-0.39, 0.29) is 27.2 Å². The van der Waals surface area contributed by atoms with Crippen molar-refractivity contribution in [2.45, 2.75) is 5.92 Å². The molecule has 0 aliphatic heterocycles. The third-order valence-electron chi connectivity index (χ3n) is 3.90. The Morgan fingerprint density at radius 2 is 1.58 bits per heavy atom. The molecule has 0 saturated carbocycles. The standard InChI is InChI=1S/C18H11Cl2NO5/c19-9-3-1-2-8(6-9)16(22)15-13(14(17(23)24)18(25)26)11-7-10(20)4-5-12(11)21-15/h1-7,14,21H,(H,23,24)(H,25,26). The zero-order valence-electron chi connectivity index (χ0n) is 13.0. The van der Waals surface area contributed by atoms with Gasteiger partial charge in [-0.2, -0.15) is 0 Å². The Kier molecular flexibility index (Phi) is 4.71. The molecule has 0 aliphatic carbocycles. The fourth-order valence-electron chi connectivity index (χ4n) is 2.79. The molecule has 3 rings (SSSR count). The molecule has 0 amide bonds. The molecule has 6 nitrogen and oxygen atoms in total. The van der Waals surface area contributed by atoms with Crippen LogP contribution in [-0.2, 0) is 9.59 Å². The molecule has 0 spiro atoms. The van der Waals surface area contributed by atoms with Gasteiger partial charge in [0, 0.05) is 32.1 Å². The molecule has 1 aromatic heterocycles. The minimum atomic E-state index is -1.93. The zero-order chi connectivity index (χ0) is 19.0. The fourth-order valence-corrected chi connectivity index (χ4v) is 3.15. The average molecular weight is 392 g/mol. The van der Waals surface area contributed by atoms with Gasteiger partial charge in [-0.15, -0.1) is 0 Å². The molecule has 0 unspecified atom stereocenters. The lowest BCUT2D eigenvalue weighted by atomic mass is 9.93. The van der Waals surface area contributed by atoms with Crippen LogP contribution in [0.4, 0.5) is 0 Å². The fraction of sp³-hybridized carbons (Fsp3) is 0.0556. The third-order valence-corrected chi connectivity index (χ3v) is 4.37. The maximum Gasteiger partial charge on any atom is 0.322 e. The number of benzene rings is 2. The monoisotopic (exact) mass is 391 g/mol. The van der Waals surface area contributed by atoms with Crippen molar-refractivity contribution in [3.05, 3.63) is 69.3 Å². The summed E-state index contributed by atoms with van der Waals surface area (Å²) in [5, 5.41) is 19.7. The Bertz CT molecular complexity index is 1040. The van der Waals surface area contributed by atoms with E-state index in [0.29, 0.717) is 10.5 Å². The SMILES string of the molecule is O=C(c1cccc(Cl)c1)c1[nH]c2ccc(Cl)cc2c1C(C(=O)O)C(=O)O. The van der Waals surface area contributed by atoms with Gasteiger partial charge in [-0.05, 0) is 30.3 Å². The number of aliphatic carboxylic acids is 2. The topological polar surface area (TPSA) is 107 Å². The van der Waals surface area contributed by atoms with Crippen LogP contribution in [-0.4, -0.2) is 32.9 Å². The highest BCUT2D eigenvalue weighted by Gasteiger charge is 2.35. The van der Waals surface area contributed by atoms with Gasteiger partial charge in [0.05, 0.1) is 5.69 Å². The highest BCUT2D eigenvalue weighted by Crippen LogP contribution is 2.33. The molecule has 0 fully saturated rings. The van der Waals surface area contributed by atoms with Gasteiger partial charge in [0.15, 0.2) is 5.92 Å². The van der Waals surface area contributed by atoms with Crippen LogP contribution < -0.4 is 0 Å². The second-order valence-corrected chi connectivity index (χ2v) is 6.43. The highest BCUT2D eigenvalue weighted by molar-refractivity contribution is 6.32. The predicted molar refractivity (Wildman–Crippen MR) is 96.2 cm³/mol. The van der Waals surface area contributed by atoms with E-state index < -0.39 is 23.6 Å². The molecule has 1 heterocycles. The Morgan fingerprint density at radius 1 is 0.923 bits per heavy atom. The van der Waals surface area contributed by atoms with Crippen LogP contribution in [0, 0.1) is 0 Å². The van der Waals surface area contributed by atoms with Crippen molar-refractivity contribution < 1.29 is 24.6 Å². The van der Waals surface area contributed by atoms with Gasteiger partial charge in [-0.3, -0.25) is 14.4 Å². The number of carbonyl (C=O) groups is 3. The van der Waals surface area contributed by atoms with E-state index in [9.17, 15) is 24.6 Å². The van der Waals surface area contributed by atoms with Gasteiger partial charge in [-0.1, -0.05) is 35.3 Å². The van der Waals surface area contributed by atoms with Gasteiger partial charge in [-0.25, -0.2) is 0 Å². The summed E-state index contributed by atoms with van der Waals surface area (Å²) >= 11 is 11.9. The van der Waals surface area contributed by atoms with E-state index in [0.717, 1.165) is 0 Å². The van der Waals surface area contributed by atoms with E-state index in [1.807, 2.05) is 0 Å². The highest BCUT2D eigenvalue weighted by atomic mass is 35.5. The van der Waals surface area contributed by atoms with Crippen LogP contribution in [0.5, 0.6) is 0 Å². The quantitative estimate of drug-likeness (QED) is 0.450. The second-order valence-electron chi connectivity index (χ2n) is 5.55. The zero-order valence-corrected chi connectivity index (χ0v) is 14.5. The number of nitrogens with one attached hydrogen (secondary N) is 1. The maximum absolute atomic E-state index is 12.9. The van der Waals surface area contributed by atoms with Crippen LogP contribution in [0.15, 0.2) is 42.5 Å². The van der Waals surface area contributed by atoms with Crippen LogP contribution in [0.25, 0.3) is 10.9 Å². The summed E-state index contributed by atoms with van der Waals surface area (Å²) in [4.78, 5) is 38.9. The first-order valence-electron chi connectivity index (χ1n) is 7.36. The van der Waals surface area contributed by atoms with Gasteiger partial charge in [0.25, 0.3) is 0 Å². The van der Waals surface area contributed by atoms with E-state index in [4.69, 9.17) is 23.2 Å². The number of halogens is 2. The number of carbonyl (C=O) groups excluding carboxylic acids is 1. The minimum Gasteiger partial charge on any atom is -0.480 e. The molecule has 0 radical (unpaired) electrons. The number of carboxylic acids is 2. The normalized spacial score (nSPS) is 11.0. The van der Waals surface area contributed by atoms with Crippen molar-refractivity contribution in [3.63, 3.8) is 0 Å². The number of ketones is 1. The lowest BCUT2D eigenvalue weighted by Gasteiger charge is -2.10. The van der Waals surface area contributed by atoms with E-state index in [1.54, 1.807) is 24.3 Å². The van der Waals surface area contributed by atoms with Gasteiger partial charge in [0.2, 0.25) is 5.78 Å². The smallest absolute Gasteiger partial charge is 0.322 e. The Hall–Kier alpha value is -2.83. The number of aromatic nitrogens is 1. The first-order valence-corrected chi connectivity index (χ1v) is 8.12. The lowest BCUT2D eigenvalue weighted by Crippen LogP contribution is -2.23. The van der Waals surface area contributed by atoms with Crippen LogP contribution in [0.2, 0.25) is 10.0 Å². The van der Waals surface area contributed by atoms with Gasteiger partial charge >= 0.3 is 11.9 Å². The number of carboxylic acid groups (broad SMARTS) is 2. The van der Waals surface area contributed by atoms with E-state index >= 15 is 0 Å². The van der Waals surface area contributed by atoms with Gasteiger partial charge in [0.1, 0.15) is 0 Å². The van der Waals surface area contributed by atoms with Crippen molar-refractivity contribution in [2.24, 2.45) is 0 Å². The molecule has 0 saturated heterocycles. The molecular weight excluding hydrogens is 381 g/mol. The van der Waals surface area contributed by atoms with Gasteiger partial charge < -0.3 is 15.2 Å². The molecule has 0 aliphatic rings. The minimum absolute atomic E-state index is 0.126. The van der Waals surface area contributed by atoms with E-state index in [1.165, 1.54) is 18.2 Å². The number of hydrogen-bond acceptors (Lipinski definition) is 3. The predicted octanol–water partition coefficient (Wildman–Crippen LogP) is 3.96. The molecule has 3 N–H and O–H groups in total. The largest absolute Gasteiger partial charge is 0.480 e. The summed E-state index contributed by atoms with van der Waals surface area (Å²) in [6, 6.07) is 10.6. The van der Waals surface area contributed by atoms with Crippen LogP contribution in [0.3, 0.4) is 0 Å².